The first-order valence-electron chi connectivity index (χ1n) is 8.95. The predicted molar refractivity (Wildman–Crippen MR) is 110 cm³/mol. The van der Waals surface area contributed by atoms with Gasteiger partial charge in [-0.15, -0.1) is 0 Å². The number of halogens is 2. The molecule has 0 aliphatic heterocycles. The summed E-state index contributed by atoms with van der Waals surface area (Å²) in [7, 11) is 1.19. The third kappa shape index (κ3) is 4.86. The van der Waals surface area contributed by atoms with Crippen LogP contribution in [0.15, 0.2) is 24.3 Å². The fraction of sp³-hybridized carbons (Fsp3) is 0.300. The number of esters is 1. The second-order valence-corrected chi connectivity index (χ2v) is 7.54. The summed E-state index contributed by atoms with van der Waals surface area (Å²) < 4.78 is 4.73. The van der Waals surface area contributed by atoms with E-state index in [-0.39, 0.29) is 32.6 Å². The maximum atomic E-state index is 12.9. The molecule has 0 unspecified atom stereocenters. The Balaban J connectivity index is 1.93. The minimum atomic E-state index is -0.753. The molecule has 2 amide bonds. The number of carbonyl (C=O) groups is 3. The monoisotopic (exact) mass is 435 g/mol. The fourth-order valence-electron chi connectivity index (χ4n) is 2.71. The van der Waals surface area contributed by atoms with Crippen LogP contribution in [0.5, 0.6) is 0 Å². The van der Waals surface area contributed by atoms with E-state index in [9.17, 15) is 14.4 Å². The molecule has 3 rings (SSSR count). The van der Waals surface area contributed by atoms with Gasteiger partial charge in [-0.3, -0.25) is 9.59 Å². The largest absolute Gasteiger partial charge is 0.465 e. The highest BCUT2D eigenvalue weighted by atomic mass is 35.5. The molecule has 1 saturated carbocycles. The van der Waals surface area contributed by atoms with Gasteiger partial charge < -0.3 is 15.4 Å². The first kappa shape index (κ1) is 21.1. The number of nitrogens with zero attached hydrogens (tertiary/aromatic N) is 1. The fourth-order valence-corrected chi connectivity index (χ4v) is 3.15. The van der Waals surface area contributed by atoms with Crippen LogP contribution in [0.25, 0.3) is 0 Å². The molecular formula is C20H19Cl2N3O4. The molecule has 1 aromatic carbocycles. The second kappa shape index (κ2) is 8.80. The molecule has 7 nitrogen and oxygen atoms in total. The summed E-state index contributed by atoms with van der Waals surface area (Å²) in [5.41, 5.74) is 0.571. The molecule has 29 heavy (non-hydrogen) atoms. The zero-order chi connectivity index (χ0) is 21.1. The van der Waals surface area contributed by atoms with Crippen LogP contribution < -0.4 is 10.6 Å². The van der Waals surface area contributed by atoms with Crippen LogP contribution in [-0.4, -0.2) is 36.4 Å². The van der Waals surface area contributed by atoms with Crippen LogP contribution in [0.4, 0.5) is 5.69 Å². The van der Waals surface area contributed by atoms with Crippen LogP contribution >= 0.6 is 23.2 Å². The van der Waals surface area contributed by atoms with Gasteiger partial charge in [-0.25, -0.2) is 9.78 Å². The molecule has 2 aromatic rings. The number of benzene rings is 1. The Hall–Kier alpha value is -2.64. The number of amides is 2. The minimum Gasteiger partial charge on any atom is -0.465 e. The number of rotatable bonds is 6. The van der Waals surface area contributed by atoms with Gasteiger partial charge in [-0.2, -0.15) is 0 Å². The van der Waals surface area contributed by atoms with Gasteiger partial charge in [0, 0.05) is 12.2 Å². The molecule has 1 aromatic heterocycles. The molecule has 0 atom stereocenters. The third-order valence-corrected chi connectivity index (χ3v) is 5.10. The molecule has 1 fully saturated rings. The van der Waals surface area contributed by atoms with Gasteiger partial charge in [0.2, 0.25) is 0 Å². The molecule has 9 heteroatoms. The Morgan fingerprint density at radius 3 is 2.45 bits per heavy atom. The number of hydrogen-bond acceptors (Lipinski definition) is 5. The van der Waals surface area contributed by atoms with Crippen molar-refractivity contribution in [2.45, 2.75) is 19.8 Å². The van der Waals surface area contributed by atoms with Crippen molar-refractivity contribution in [2.75, 3.05) is 19.0 Å². The van der Waals surface area contributed by atoms with Crippen LogP contribution in [0.2, 0.25) is 10.0 Å². The van der Waals surface area contributed by atoms with E-state index in [2.05, 4.69) is 15.6 Å². The van der Waals surface area contributed by atoms with Crippen LogP contribution in [0.1, 0.15) is 49.7 Å². The number of hydrogen-bond donors (Lipinski definition) is 2. The molecule has 0 spiro atoms. The number of methoxy groups -OCH3 is 1. The van der Waals surface area contributed by atoms with Gasteiger partial charge in [0.25, 0.3) is 11.8 Å². The molecule has 152 valence electrons. The minimum absolute atomic E-state index is 0.000851. The summed E-state index contributed by atoms with van der Waals surface area (Å²) in [6.07, 6.45) is 2.16. The second-order valence-electron chi connectivity index (χ2n) is 6.73. The molecular weight excluding hydrogens is 417 g/mol. The Kier molecular flexibility index (Phi) is 6.39. The summed E-state index contributed by atoms with van der Waals surface area (Å²) in [5.74, 6) is -1.36. The number of ether oxygens (including phenoxy) is 1. The molecule has 1 heterocycles. The lowest BCUT2D eigenvalue weighted by atomic mass is 10.1. The molecule has 1 aliphatic rings. The highest BCUT2D eigenvalue weighted by Crippen LogP contribution is 2.33. The average Bonchev–Trinajstić information content (AvgIpc) is 3.52. The van der Waals surface area contributed by atoms with E-state index in [1.165, 1.54) is 25.3 Å². The Bertz CT molecular complexity index is 990. The maximum absolute atomic E-state index is 12.9. The summed E-state index contributed by atoms with van der Waals surface area (Å²) in [6, 6.07) is 5.99. The van der Waals surface area contributed by atoms with Crippen LogP contribution in [0, 0.1) is 12.8 Å². The van der Waals surface area contributed by atoms with E-state index in [1.807, 2.05) is 0 Å². The van der Waals surface area contributed by atoms with Gasteiger partial charge in [0.1, 0.15) is 11.3 Å². The number of aromatic nitrogens is 1. The van der Waals surface area contributed by atoms with Gasteiger partial charge in [0.15, 0.2) is 0 Å². The van der Waals surface area contributed by atoms with E-state index in [4.69, 9.17) is 27.9 Å². The van der Waals surface area contributed by atoms with Crippen LogP contribution in [-0.2, 0) is 4.74 Å². The zero-order valence-corrected chi connectivity index (χ0v) is 17.4. The smallest absolute Gasteiger partial charge is 0.341 e. The van der Waals surface area contributed by atoms with Crippen LogP contribution in [0.3, 0.4) is 0 Å². The summed E-state index contributed by atoms with van der Waals surface area (Å²) in [6.45, 7) is 2.27. The topological polar surface area (TPSA) is 97.4 Å². The highest BCUT2D eigenvalue weighted by molar-refractivity contribution is 6.39. The number of carbonyl (C=O) groups excluding carboxylic acids is 3. The van der Waals surface area contributed by atoms with Gasteiger partial charge in [0.05, 0.1) is 28.4 Å². The van der Waals surface area contributed by atoms with E-state index in [1.54, 1.807) is 13.0 Å². The van der Waals surface area contributed by atoms with Crippen molar-refractivity contribution in [1.29, 1.82) is 0 Å². The van der Waals surface area contributed by atoms with E-state index >= 15 is 0 Å². The molecule has 0 bridgehead atoms. The number of aryl methyl sites for hydroxylation is 1. The van der Waals surface area contributed by atoms with Crippen molar-refractivity contribution in [3.63, 3.8) is 0 Å². The van der Waals surface area contributed by atoms with E-state index in [0.717, 1.165) is 12.8 Å². The standard InChI is InChI=1S/C20H19Cl2N3O4/c1-10-3-6-12(16(24-10)19(27)23-9-11-4-5-11)18(26)25-17-14(22)8-7-13(21)15(17)20(28)29-2/h3,6-8,11H,4-5,9H2,1-2H3,(H,23,27)(H,25,26). The maximum Gasteiger partial charge on any atom is 0.341 e. The van der Waals surface area contributed by atoms with Crippen molar-refractivity contribution >= 4 is 46.7 Å². The quantitative estimate of drug-likeness (QED) is 0.670. The lowest BCUT2D eigenvalue weighted by molar-refractivity contribution is 0.0602. The van der Waals surface area contributed by atoms with Crippen molar-refractivity contribution in [2.24, 2.45) is 5.92 Å². The van der Waals surface area contributed by atoms with Gasteiger partial charge in [-0.05, 0) is 49.9 Å². The molecule has 0 radical (unpaired) electrons. The average molecular weight is 436 g/mol. The van der Waals surface area contributed by atoms with Gasteiger partial charge in [-0.1, -0.05) is 23.2 Å². The molecule has 2 N–H and O–H groups in total. The summed E-state index contributed by atoms with van der Waals surface area (Å²) >= 11 is 12.3. The summed E-state index contributed by atoms with van der Waals surface area (Å²) in [4.78, 5) is 41.8. The van der Waals surface area contributed by atoms with Crippen molar-refractivity contribution < 1.29 is 19.1 Å². The number of nitrogens with one attached hydrogen (secondary N) is 2. The lowest BCUT2D eigenvalue weighted by Crippen LogP contribution is -2.29. The normalized spacial score (nSPS) is 13.0. The van der Waals surface area contributed by atoms with Crippen molar-refractivity contribution in [3.05, 3.63) is 56.8 Å². The first-order valence-corrected chi connectivity index (χ1v) is 9.71. The number of anilines is 1. The van der Waals surface area contributed by atoms with Gasteiger partial charge >= 0.3 is 5.97 Å². The number of pyridine rings is 1. The van der Waals surface area contributed by atoms with Crippen molar-refractivity contribution in [1.82, 2.24) is 10.3 Å². The third-order valence-electron chi connectivity index (χ3n) is 4.47. The van der Waals surface area contributed by atoms with E-state index in [0.29, 0.717) is 18.2 Å². The Labute approximate surface area is 177 Å². The zero-order valence-electron chi connectivity index (χ0n) is 15.8. The summed E-state index contributed by atoms with van der Waals surface area (Å²) in [5, 5.41) is 5.54. The van der Waals surface area contributed by atoms with Crippen molar-refractivity contribution in [3.8, 4) is 0 Å². The predicted octanol–water partition coefficient (Wildman–Crippen LogP) is 3.88. The highest BCUT2D eigenvalue weighted by Gasteiger charge is 2.26. The van der Waals surface area contributed by atoms with E-state index < -0.39 is 17.8 Å². The Morgan fingerprint density at radius 1 is 1.10 bits per heavy atom. The lowest BCUT2D eigenvalue weighted by Gasteiger charge is -2.14. The first-order chi connectivity index (χ1) is 13.8. The Morgan fingerprint density at radius 2 is 1.79 bits per heavy atom. The molecule has 1 aliphatic carbocycles. The SMILES string of the molecule is COC(=O)c1c(Cl)ccc(Cl)c1NC(=O)c1ccc(C)nc1C(=O)NCC1CC1. The molecule has 0 saturated heterocycles.